The fourth-order valence-electron chi connectivity index (χ4n) is 4.99. The van der Waals surface area contributed by atoms with Crippen LogP contribution in [-0.2, 0) is 4.79 Å². The molecule has 2 aliphatic heterocycles. The minimum Gasteiger partial charge on any atom is -0.364 e. The van der Waals surface area contributed by atoms with Gasteiger partial charge in [0.1, 0.15) is 0 Å². The van der Waals surface area contributed by atoms with E-state index in [1.165, 1.54) is 29.7 Å². The van der Waals surface area contributed by atoms with Crippen LogP contribution >= 0.6 is 15.9 Å². The lowest BCUT2D eigenvalue weighted by Crippen LogP contribution is -2.40. The first-order valence-corrected chi connectivity index (χ1v) is 11.7. The molecule has 2 heterocycles. The molecule has 0 aliphatic carbocycles. The highest BCUT2D eigenvalue weighted by Gasteiger charge is 2.31. The molecule has 2 aromatic rings. The summed E-state index contributed by atoms with van der Waals surface area (Å²) in [5.41, 5.74) is 4.29. The molecule has 1 atom stereocenters. The van der Waals surface area contributed by atoms with E-state index in [2.05, 4.69) is 74.3 Å². The van der Waals surface area contributed by atoms with E-state index in [-0.39, 0.29) is 5.92 Å². The van der Waals surface area contributed by atoms with Gasteiger partial charge in [0.2, 0.25) is 5.91 Å². The number of carbonyl (C=O) groups excluding carboxylic acids is 1. The summed E-state index contributed by atoms with van der Waals surface area (Å²) < 4.78 is 1.13. The second-order valence-corrected chi connectivity index (χ2v) is 9.63. The Morgan fingerprint density at radius 1 is 0.931 bits per heavy atom. The normalized spacial score (nSPS) is 20.5. The third-order valence-electron chi connectivity index (χ3n) is 6.51. The first kappa shape index (κ1) is 20.5. The molecule has 0 unspecified atom stereocenters. The van der Waals surface area contributed by atoms with Gasteiger partial charge in [0, 0.05) is 35.7 Å². The van der Waals surface area contributed by atoms with Crippen molar-refractivity contribution in [2.75, 3.05) is 24.5 Å². The molecule has 4 rings (SSSR count). The minimum atomic E-state index is 0.0943. The van der Waals surface area contributed by atoms with Crippen LogP contribution in [0.1, 0.15) is 62.6 Å². The molecule has 1 amide bonds. The zero-order chi connectivity index (χ0) is 20.4. The van der Waals surface area contributed by atoms with E-state index < -0.39 is 0 Å². The Morgan fingerprint density at radius 3 is 2.24 bits per heavy atom. The zero-order valence-corrected chi connectivity index (χ0v) is 19.1. The summed E-state index contributed by atoms with van der Waals surface area (Å²) in [7, 11) is 0. The standard InChI is InChI=1S/C25H31BrN2O/c1-18(2)25(29)27-16-13-19(14-17-27)22-6-3-4-7-23(22)24-8-5-15-28(24)21-11-9-20(26)10-12-21/h3-4,6-7,9-12,18-19,24H,5,8,13-17H2,1-2H3/t24-/m1/s1. The Kier molecular flexibility index (Phi) is 6.29. The van der Waals surface area contributed by atoms with Crippen LogP contribution < -0.4 is 4.90 Å². The molecule has 29 heavy (non-hydrogen) atoms. The fraction of sp³-hybridized carbons (Fsp3) is 0.480. The Bertz CT molecular complexity index is 840. The summed E-state index contributed by atoms with van der Waals surface area (Å²) in [4.78, 5) is 17.0. The lowest BCUT2D eigenvalue weighted by atomic mass is 9.83. The maximum absolute atomic E-state index is 12.4. The molecule has 0 aromatic heterocycles. The number of halogens is 1. The molecule has 2 fully saturated rings. The van der Waals surface area contributed by atoms with Crippen molar-refractivity contribution in [3.8, 4) is 0 Å². The molecule has 0 radical (unpaired) electrons. The average Bonchev–Trinajstić information content (AvgIpc) is 3.23. The van der Waals surface area contributed by atoms with E-state index in [4.69, 9.17) is 0 Å². The minimum absolute atomic E-state index is 0.0943. The number of rotatable bonds is 4. The van der Waals surface area contributed by atoms with Gasteiger partial charge in [0.25, 0.3) is 0 Å². The van der Waals surface area contributed by atoms with Crippen LogP contribution in [0, 0.1) is 5.92 Å². The van der Waals surface area contributed by atoms with Crippen molar-refractivity contribution in [2.24, 2.45) is 5.92 Å². The summed E-state index contributed by atoms with van der Waals surface area (Å²) in [5.74, 6) is 0.945. The number of benzene rings is 2. The van der Waals surface area contributed by atoms with Gasteiger partial charge in [0.05, 0.1) is 6.04 Å². The van der Waals surface area contributed by atoms with E-state index in [0.29, 0.717) is 17.9 Å². The van der Waals surface area contributed by atoms with Gasteiger partial charge in [-0.2, -0.15) is 0 Å². The van der Waals surface area contributed by atoms with E-state index in [0.717, 1.165) is 36.9 Å². The Labute approximate surface area is 183 Å². The van der Waals surface area contributed by atoms with Crippen LogP contribution in [0.3, 0.4) is 0 Å². The third-order valence-corrected chi connectivity index (χ3v) is 7.04. The monoisotopic (exact) mass is 454 g/mol. The van der Waals surface area contributed by atoms with Gasteiger partial charge in [-0.15, -0.1) is 0 Å². The summed E-state index contributed by atoms with van der Waals surface area (Å²) in [6, 6.07) is 18.2. The number of piperidine rings is 1. The molecule has 2 saturated heterocycles. The molecular weight excluding hydrogens is 424 g/mol. The highest BCUT2D eigenvalue weighted by Crippen LogP contribution is 2.41. The summed E-state index contributed by atoms with van der Waals surface area (Å²) in [6.07, 6.45) is 4.58. The van der Waals surface area contributed by atoms with Gasteiger partial charge in [-0.1, -0.05) is 54.0 Å². The average molecular weight is 455 g/mol. The predicted octanol–water partition coefficient (Wildman–Crippen LogP) is 6.15. The molecule has 2 aromatic carbocycles. The maximum atomic E-state index is 12.4. The number of carbonyl (C=O) groups is 1. The van der Waals surface area contributed by atoms with Gasteiger partial charge in [-0.3, -0.25) is 4.79 Å². The third kappa shape index (κ3) is 4.37. The topological polar surface area (TPSA) is 23.6 Å². The van der Waals surface area contributed by atoms with Crippen LogP contribution in [-0.4, -0.2) is 30.4 Å². The number of hydrogen-bond donors (Lipinski definition) is 0. The van der Waals surface area contributed by atoms with Gasteiger partial charge < -0.3 is 9.80 Å². The first-order valence-electron chi connectivity index (χ1n) is 10.9. The van der Waals surface area contributed by atoms with Crippen molar-refractivity contribution >= 4 is 27.5 Å². The van der Waals surface area contributed by atoms with E-state index in [9.17, 15) is 4.79 Å². The molecule has 0 bridgehead atoms. The molecule has 0 saturated carbocycles. The SMILES string of the molecule is CC(C)C(=O)N1CCC(c2ccccc2[C@H]2CCCN2c2ccc(Br)cc2)CC1. The number of anilines is 1. The number of nitrogens with zero attached hydrogens (tertiary/aromatic N) is 2. The second-order valence-electron chi connectivity index (χ2n) is 8.71. The van der Waals surface area contributed by atoms with Crippen molar-refractivity contribution in [3.63, 3.8) is 0 Å². The van der Waals surface area contributed by atoms with Crippen molar-refractivity contribution in [1.82, 2.24) is 4.90 Å². The number of hydrogen-bond acceptors (Lipinski definition) is 2. The summed E-state index contributed by atoms with van der Waals surface area (Å²) in [6.45, 7) is 6.89. The van der Waals surface area contributed by atoms with Crippen molar-refractivity contribution in [3.05, 3.63) is 64.1 Å². The lowest BCUT2D eigenvalue weighted by Gasteiger charge is -2.36. The summed E-state index contributed by atoms with van der Waals surface area (Å²) >= 11 is 3.56. The molecule has 3 nitrogen and oxygen atoms in total. The van der Waals surface area contributed by atoms with Crippen molar-refractivity contribution < 1.29 is 4.79 Å². The Balaban J connectivity index is 1.54. The zero-order valence-electron chi connectivity index (χ0n) is 17.5. The number of amides is 1. The summed E-state index contributed by atoms with van der Waals surface area (Å²) in [5, 5.41) is 0. The van der Waals surface area contributed by atoms with Crippen LogP contribution in [0.25, 0.3) is 0 Å². The van der Waals surface area contributed by atoms with Crippen LogP contribution in [0.15, 0.2) is 53.0 Å². The quantitative estimate of drug-likeness (QED) is 0.552. The van der Waals surface area contributed by atoms with Gasteiger partial charge >= 0.3 is 0 Å². The van der Waals surface area contributed by atoms with Gasteiger partial charge in [-0.25, -0.2) is 0 Å². The van der Waals surface area contributed by atoms with Crippen molar-refractivity contribution in [1.29, 1.82) is 0 Å². The molecule has 0 N–H and O–H groups in total. The molecule has 2 aliphatic rings. The molecule has 154 valence electrons. The van der Waals surface area contributed by atoms with Crippen molar-refractivity contribution in [2.45, 2.75) is 51.5 Å². The highest BCUT2D eigenvalue weighted by molar-refractivity contribution is 9.10. The van der Waals surface area contributed by atoms with Crippen LogP contribution in [0.5, 0.6) is 0 Å². The van der Waals surface area contributed by atoms with E-state index >= 15 is 0 Å². The Morgan fingerprint density at radius 2 is 1.59 bits per heavy atom. The molecule has 0 spiro atoms. The predicted molar refractivity (Wildman–Crippen MR) is 123 cm³/mol. The first-order chi connectivity index (χ1) is 14.0. The highest BCUT2D eigenvalue weighted by atomic mass is 79.9. The Hall–Kier alpha value is -1.81. The van der Waals surface area contributed by atoms with Gasteiger partial charge in [-0.05, 0) is 67.0 Å². The van der Waals surface area contributed by atoms with Crippen LogP contribution in [0.4, 0.5) is 5.69 Å². The van der Waals surface area contributed by atoms with Crippen LogP contribution in [0.2, 0.25) is 0 Å². The van der Waals surface area contributed by atoms with Gasteiger partial charge in [0.15, 0.2) is 0 Å². The van der Waals surface area contributed by atoms with E-state index in [1.807, 2.05) is 13.8 Å². The maximum Gasteiger partial charge on any atom is 0.225 e. The lowest BCUT2D eigenvalue weighted by molar-refractivity contribution is -0.135. The number of likely N-dealkylation sites (tertiary alicyclic amines) is 1. The second kappa shape index (κ2) is 8.91. The fourth-order valence-corrected chi connectivity index (χ4v) is 5.26. The molecule has 4 heteroatoms. The largest absolute Gasteiger partial charge is 0.364 e. The smallest absolute Gasteiger partial charge is 0.225 e. The van der Waals surface area contributed by atoms with E-state index in [1.54, 1.807) is 0 Å². The molecular formula is C25H31BrN2O.